The van der Waals surface area contributed by atoms with Crippen LogP contribution in [0, 0.1) is 0 Å². The van der Waals surface area contributed by atoms with Crippen LogP contribution in [0.15, 0.2) is 12.3 Å². The second-order valence-corrected chi connectivity index (χ2v) is 6.05. The van der Waals surface area contributed by atoms with E-state index in [9.17, 15) is 13.2 Å². The van der Waals surface area contributed by atoms with Gasteiger partial charge < -0.3 is 15.0 Å². The standard InChI is InChI=1S/C10H16N2O4S/c1-3-17(14,15)5-4-12-7-8(11)6-9(12)10(13)16-2/h6-7H,3-5,11H2,1-2H3. The highest BCUT2D eigenvalue weighted by molar-refractivity contribution is 7.91. The SMILES string of the molecule is CCS(=O)(=O)CCn1cc(N)cc1C(=O)OC. The van der Waals surface area contributed by atoms with E-state index in [0.29, 0.717) is 5.69 Å². The Labute approximate surface area is 100 Å². The van der Waals surface area contributed by atoms with Gasteiger partial charge in [0.2, 0.25) is 0 Å². The van der Waals surface area contributed by atoms with E-state index in [1.807, 2.05) is 0 Å². The van der Waals surface area contributed by atoms with Crippen molar-refractivity contribution in [2.24, 2.45) is 0 Å². The molecule has 0 saturated heterocycles. The highest BCUT2D eigenvalue weighted by Gasteiger charge is 2.15. The molecule has 0 unspecified atom stereocenters. The average molecular weight is 260 g/mol. The smallest absolute Gasteiger partial charge is 0.354 e. The minimum absolute atomic E-state index is 0.0262. The molecule has 0 bridgehead atoms. The predicted molar refractivity (Wildman–Crippen MR) is 64.5 cm³/mol. The maximum absolute atomic E-state index is 11.4. The molecule has 0 aliphatic rings. The Morgan fingerprint density at radius 3 is 2.71 bits per heavy atom. The molecule has 1 heterocycles. The normalized spacial score (nSPS) is 11.4. The Kier molecular flexibility index (Phi) is 4.17. The van der Waals surface area contributed by atoms with Crippen LogP contribution >= 0.6 is 0 Å². The van der Waals surface area contributed by atoms with E-state index in [1.165, 1.54) is 23.9 Å². The van der Waals surface area contributed by atoms with Crippen LogP contribution in [0.3, 0.4) is 0 Å². The summed E-state index contributed by atoms with van der Waals surface area (Å²) in [5.41, 5.74) is 6.23. The number of aromatic nitrogens is 1. The van der Waals surface area contributed by atoms with E-state index in [2.05, 4.69) is 4.74 Å². The first-order valence-corrected chi connectivity index (χ1v) is 6.96. The number of hydrogen-bond donors (Lipinski definition) is 1. The minimum atomic E-state index is -3.07. The van der Waals surface area contributed by atoms with Crippen LogP contribution in [-0.4, -0.2) is 37.6 Å². The summed E-state index contributed by atoms with van der Waals surface area (Å²) in [6.07, 6.45) is 1.53. The van der Waals surface area contributed by atoms with E-state index in [0.717, 1.165) is 0 Å². The molecule has 17 heavy (non-hydrogen) atoms. The Balaban J connectivity index is 2.88. The van der Waals surface area contributed by atoms with Crippen molar-refractivity contribution >= 4 is 21.5 Å². The molecular formula is C10H16N2O4S. The van der Waals surface area contributed by atoms with Gasteiger partial charge in [-0.2, -0.15) is 0 Å². The number of aryl methyl sites for hydroxylation is 1. The van der Waals surface area contributed by atoms with Crippen LogP contribution in [0.5, 0.6) is 0 Å². The zero-order chi connectivity index (χ0) is 13.1. The number of rotatable bonds is 5. The summed E-state index contributed by atoms with van der Waals surface area (Å²) in [5, 5.41) is 0. The highest BCUT2D eigenvalue weighted by Crippen LogP contribution is 2.12. The van der Waals surface area contributed by atoms with Crippen LogP contribution in [0.2, 0.25) is 0 Å². The highest BCUT2D eigenvalue weighted by atomic mass is 32.2. The summed E-state index contributed by atoms with van der Waals surface area (Å²) >= 11 is 0. The number of carbonyl (C=O) groups is 1. The molecule has 2 N–H and O–H groups in total. The first-order valence-electron chi connectivity index (χ1n) is 5.14. The number of carbonyl (C=O) groups excluding carboxylic acids is 1. The molecule has 7 heteroatoms. The fourth-order valence-corrected chi connectivity index (χ4v) is 2.14. The molecule has 0 aliphatic heterocycles. The van der Waals surface area contributed by atoms with Crippen molar-refractivity contribution in [3.63, 3.8) is 0 Å². The van der Waals surface area contributed by atoms with Gasteiger partial charge in [0, 0.05) is 18.5 Å². The summed E-state index contributed by atoms with van der Waals surface area (Å²) in [5.74, 6) is -0.477. The van der Waals surface area contributed by atoms with Gasteiger partial charge in [0.1, 0.15) is 5.69 Å². The lowest BCUT2D eigenvalue weighted by Crippen LogP contribution is -2.17. The molecular weight excluding hydrogens is 244 g/mol. The predicted octanol–water partition coefficient (Wildman–Crippen LogP) is 0.292. The van der Waals surface area contributed by atoms with E-state index in [1.54, 1.807) is 6.92 Å². The van der Waals surface area contributed by atoms with Crippen molar-refractivity contribution in [3.8, 4) is 0 Å². The molecule has 96 valence electrons. The number of ether oxygens (including phenoxy) is 1. The topological polar surface area (TPSA) is 91.4 Å². The van der Waals surface area contributed by atoms with Crippen LogP contribution < -0.4 is 5.73 Å². The molecule has 0 fully saturated rings. The quantitative estimate of drug-likeness (QED) is 0.768. The number of nitrogens with zero attached hydrogens (tertiary/aromatic N) is 1. The number of methoxy groups -OCH3 is 1. The number of anilines is 1. The number of sulfone groups is 1. The lowest BCUT2D eigenvalue weighted by atomic mass is 10.4. The van der Waals surface area contributed by atoms with Crippen LogP contribution in [0.25, 0.3) is 0 Å². The molecule has 1 rings (SSSR count). The summed E-state index contributed by atoms with van der Waals surface area (Å²) in [6.45, 7) is 1.78. The molecule has 0 radical (unpaired) electrons. The van der Waals surface area contributed by atoms with Gasteiger partial charge in [-0.3, -0.25) is 0 Å². The molecule has 0 saturated carbocycles. The maximum atomic E-state index is 11.4. The molecule has 1 aromatic rings. The Bertz CT molecular complexity index is 504. The van der Waals surface area contributed by atoms with Gasteiger partial charge in [-0.15, -0.1) is 0 Å². The molecule has 1 aromatic heterocycles. The molecule has 6 nitrogen and oxygen atoms in total. The summed E-state index contributed by atoms with van der Waals surface area (Å²) in [4.78, 5) is 11.4. The van der Waals surface area contributed by atoms with Gasteiger partial charge in [0.25, 0.3) is 0 Å². The average Bonchev–Trinajstić information content (AvgIpc) is 2.67. The first kappa shape index (κ1) is 13.6. The Morgan fingerprint density at radius 2 is 2.18 bits per heavy atom. The van der Waals surface area contributed by atoms with Crippen molar-refractivity contribution in [2.75, 3.05) is 24.3 Å². The number of nitrogens with two attached hydrogens (primary N) is 1. The zero-order valence-electron chi connectivity index (χ0n) is 9.84. The second-order valence-electron chi connectivity index (χ2n) is 3.58. The van der Waals surface area contributed by atoms with Gasteiger partial charge in [0.05, 0.1) is 18.6 Å². The Morgan fingerprint density at radius 1 is 1.53 bits per heavy atom. The van der Waals surface area contributed by atoms with Crippen molar-refractivity contribution in [1.29, 1.82) is 0 Å². The van der Waals surface area contributed by atoms with Gasteiger partial charge >= 0.3 is 5.97 Å². The second kappa shape index (κ2) is 5.22. The molecule has 0 spiro atoms. The third-order valence-corrected chi connectivity index (χ3v) is 4.08. The summed E-state index contributed by atoms with van der Waals surface area (Å²) in [6, 6.07) is 1.46. The van der Waals surface area contributed by atoms with Crippen molar-refractivity contribution in [1.82, 2.24) is 4.57 Å². The lowest BCUT2D eigenvalue weighted by molar-refractivity contribution is 0.0588. The largest absolute Gasteiger partial charge is 0.464 e. The van der Waals surface area contributed by atoms with E-state index >= 15 is 0 Å². The van der Waals surface area contributed by atoms with E-state index < -0.39 is 15.8 Å². The Hall–Kier alpha value is -1.50. The van der Waals surface area contributed by atoms with Gasteiger partial charge in [0.15, 0.2) is 9.84 Å². The molecule has 0 aliphatic carbocycles. The number of hydrogen-bond acceptors (Lipinski definition) is 5. The van der Waals surface area contributed by atoms with E-state index in [-0.39, 0.29) is 23.7 Å². The van der Waals surface area contributed by atoms with Crippen molar-refractivity contribution < 1.29 is 17.9 Å². The van der Waals surface area contributed by atoms with E-state index in [4.69, 9.17) is 5.73 Å². The maximum Gasteiger partial charge on any atom is 0.354 e. The minimum Gasteiger partial charge on any atom is -0.464 e. The molecule has 0 amide bonds. The van der Waals surface area contributed by atoms with Gasteiger partial charge in [-0.1, -0.05) is 6.92 Å². The van der Waals surface area contributed by atoms with Crippen LogP contribution in [-0.2, 0) is 21.1 Å². The van der Waals surface area contributed by atoms with Gasteiger partial charge in [-0.05, 0) is 6.07 Å². The fraction of sp³-hybridized carbons (Fsp3) is 0.500. The van der Waals surface area contributed by atoms with Gasteiger partial charge in [-0.25, -0.2) is 13.2 Å². The number of esters is 1. The zero-order valence-corrected chi connectivity index (χ0v) is 10.7. The molecule has 0 atom stereocenters. The monoisotopic (exact) mass is 260 g/mol. The third-order valence-electron chi connectivity index (χ3n) is 2.40. The molecule has 0 aromatic carbocycles. The van der Waals surface area contributed by atoms with Crippen molar-refractivity contribution in [2.45, 2.75) is 13.5 Å². The summed E-state index contributed by atoms with van der Waals surface area (Å²) in [7, 11) is -1.81. The van der Waals surface area contributed by atoms with Crippen molar-refractivity contribution in [3.05, 3.63) is 18.0 Å². The number of nitrogen functional groups attached to an aromatic ring is 1. The first-order chi connectivity index (χ1) is 7.89. The fourth-order valence-electron chi connectivity index (χ4n) is 1.38. The third kappa shape index (κ3) is 3.48. The summed E-state index contributed by atoms with van der Waals surface area (Å²) < 4.78 is 28.8. The van der Waals surface area contributed by atoms with Crippen LogP contribution in [0.4, 0.5) is 5.69 Å². The lowest BCUT2D eigenvalue weighted by Gasteiger charge is -2.07. The van der Waals surface area contributed by atoms with Crippen LogP contribution in [0.1, 0.15) is 17.4 Å².